The lowest BCUT2D eigenvalue weighted by Crippen LogP contribution is -2.28. The molecule has 120 valence electrons. The van der Waals surface area contributed by atoms with Gasteiger partial charge in [-0.3, -0.25) is 0 Å². The van der Waals surface area contributed by atoms with Gasteiger partial charge in [-0.2, -0.15) is 0 Å². The van der Waals surface area contributed by atoms with Gasteiger partial charge < -0.3 is 15.2 Å². The predicted molar refractivity (Wildman–Crippen MR) is 81.9 cm³/mol. The van der Waals surface area contributed by atoms with E-state index in [2.05, 4.69) is 4.72 Å². The van der Waals surface area contributed by atoms with Crippen LogP contribution >= 0.6 is 0 Å². The molecule has 0 unspecified atom stereocenters. The number of sulfonamides is 1. The van der Waals surface area contributed by atoms with Crippen LogP contribution in [0.25, 0.3) is 0 Å². The number of benzene rings is 1. The molecule has 1 aromatic rings. The van der Waals surface area contributed by atoms with Crippen molar-refractivity contribution < 1.29 is 17.9 Å². The van der Waals surface area contributed by atoms with Gasteiger partial charge in [-0.1, -0.05) is 0 Å². The molecular formula is C14H24N2O4S. The van der Waals surface area contributed by atoms with E-state index in [0.717, 1.165) is 6.42 Å². The topological polar surface area (TPSA) is 90.6 Å². The summed E-state index contributed by atoms with van der Waals surface area (Å²) >= 11 is 0. The van der Waals surface area contributed by atoms with Crippen LogP contribution in [-0.4, -0.2) is 40.8 Å². The zero-order valence-corrected chi connectivity index (χ0v) is 13.4. The van der Waals surface area contributed by atoms with Crippen molar-refractivity contribution in [1.29, 1.82) is 0 Å². The standard InChI is InChI=1S/C14H24N2O4S/c1-12(2)19-11-9-16-21(17,18)14-6-4-13(5-7-14)20-10-3-8-15/h4-7,12,16H,3,8-11,15H2,1-2H3. The average molecular weight is 316 g/mol. The van der Waals surface area contributed by atoms with Crippen LogP contribution in [0.15, 0.2) is 29.2 Å². The van der Waals surface area contributed by atoms with Gasteiger partial charge in [0.1, 0.15) is 5.75 Å². The molecular weight excluding hydrogens is 292 g/mol. The third-order valence-electron chi connectivity index (χ3n) is 2.60. The van der Waals surface area contributed by atoms with Crippen LogP contribution in [0.2, 0.25) is 0 Å². The van der Waals surface area contributed by atoms with Gasteiger partial charge in [0.05, 0.1) is 24.2 Å². The maximum atomic E-state index is 12.0. The van der Waals surface area contributed by atoms with Gasteiger partial charge in [0.2, 0.25) is 10.0 Å². The second-order valence-electron chi connectivity index (χ2n) is 4.78. The zero-order valence-electron chi connectivity index (χ0n) is 12.5. The summed E-state index contributed by atoms with van der Waals surface area (Å²) in [6.07, 6.45) is 0.844. The van der Waals surface area contributed by atoms with E-state index in [-0.39, 0.29) is 17.5 Å². The molecule has 1 aromatic carbocycles. The van der Waals surface area contributed by atoms with E-state index in [0.29, 0.717) is 25.5 Å². The largest absolute Gasteiger partial charge is 0.494 e. The Bertz CT molecular complexity index is 500. The summed E-state index contributed by atoms with van der Waals surface area (Å²) in [4.78, 5) is 0.207. The summed E-state index contributed by atoms with van der Waals surface area (Å²) in [5, 5.41) is 0. The second-order valence-corrected chi connectivity index (χ2v) is 6.55. The van der Waals surface area contributed by atoms with E-state index in [1.807, 2.05) is 13.8 Å². The van der Waals surface area contributed by atoms with Crippen LogP contribution in [0.1, 0.15) is 20.3 Å². The van der Waals surface area contributed by atoms with Crippen LogP contribution in [0.5, 0.6) is 5.75 Å². The van der Waals surface area contributed by atoms with Crippen LogP contribution < -0.4 is 15.2 Å². The van der Waals surface area contributed by atoms with Gasteiger partial charge in [0.25, 0.3) is 0 Å². The fourth-order valence-corrected chi connectivity index (χ4v) is 2.56. The molecule has 0 heterocycles. The molecule has 0 aliphatic heterocycles. The van der Waals surface area contributed by atoms with Crippen LogP contribution in [0.4, 0.5) is 0 Å². The lowest BCUT2D eigenvalue weighted by molar-refractivity contribution is 0.0834. The quantitative estimate of drug-likeness (QED) is 0.631. The van der Waals surface area contributed by atoms with E-state index in [4.69, 9.17) is 15.2 Å². The van der Waals surface area contributed by atoms with Crippen molar-refractivity contribution in [2.45, 2.75) is 31.3 Å². The lowest BCUT2D eigenvalue weighted by atomic mass is 10.3. The number of rotatable bonds is 10. The van der Waals surface area contributed by atoms with Crippen molar-refractivity contribution in [3.05, 3.63) is 24.3 Å². The molecule has 0 saturated heterocycles. The van der Waals surface area contributed by atoms with E-state index in [1.54, 1.807) is 12.1 Å². The first-order chi connectivity index (χ1) is 9.95. The Balaban J connectivity index is 2.50. The number of hydrogen-bond acceptors (Lipinski definition) is 5. The van der Waals surface area contributed by atoms with E-state index < -0.39 is 10.0 Å². The summed E-state index contributed by atoms with van der Waals surface area (Å²) < 4.78 is 37.3. The molecule has 0 aliphatic rings. The van der Waals surface area contributed by atoms with Crippen molar-refractivity contribution in [3.8, 4) is 5.75 Å². The highest BCUT2D eigenvalue weighted by atomic mass is 32.2. The molecule has 1 rings (SSSR count). The number of nitrogens with two attached hydrogens (primary N) is 1. The third-order valence-corrected chi connectivity index (χ3v) is 4.07. The van der Waals surface area contributed by atoms with Gasteiger partial charge in [-0.05, 0) is 51.1 Å². The zero-order chi connectivity index (χ0) is 15.7. The van der Waals surface area contributed by atoms with Gasteiger partial charge >= 0.3 is 0 Å². The molecule has 0 amide bonds. The monoisotopic (exact) mass is 316 g/mol. The van der Waals surface area contributed by atoms with Crippen LogP contribution in [0.3, 0.4) is 0 Å². The Labute approximate surface area is 126 Å². The number of ether oxygens (including phenoxy) is 2. The summed E-state index contributed by atoms with van der Waals surface area (Å²) in [5.74, 6) is 0.630. The molecule has 0 atom stereocenters. The fourth-order valence-electron chi connectivity index (χ4n) is 1.54. The number of hydrogen-bond donors (Lipinski definition) is 2. The first kappa shape index (κ1) is 17.9. The average Bonchev–Trinajstić information content (AvgIpc) is 2.44. The Morgan fingerprint density at radius 2 is 1.86 bits per heavy atom. The molecule has 3 N–H and O–H groups in total. The van der Waals surface area contributed by atoms with Crippen molar-refractivity contribution in [2.75, 3.05) is 26.3 Å². The van der Waals surface area contributed by atoms with E-state index >= 15 is 0 Å². The maximum Gasteiger partial charge on any atom is 0.240 e. The molecule has 0 aliphatic carbocycles. The summed E-state index contributed by atoms with van der Waals surface area (Å²) in [6, 6.07) is 6.30. The molecule has 0 spiro atoms. The van der Waals surface area contributed by atoms with Crippen molar-refractivity contribution in [1.82, 2.24) is 4.72 Å². The smallest absolute Gasteiger partial charge is 0.240 e. The van der Waals surface area contributed by atoms with Gasteiger partial charge in [-0.25, -0.2) is 13.1 Å². The molecule has 21 heavy (non-hydrogen) atoms. The van der Waals surface area contributed by atoms with Gasteiger partial charge in [0.15, 0.2) is 0 Å². The summed E-state index contributed by atoms with van der Waals surface area (Å²) in [6.45, 7) is 5.48. The van der Waals surface area contributed by atoms with E-state index in [1.165, 1.54) is 12.1 Å². The number of nitrogens with one attached hydrogen (secondary N) is 1. The second kappa shape index (κ2) is 8.99. The molecule has 6 nitrogen and oxygen atoms in total. The Morgan fingerprint density at radius 3 is 2.43 bits per heavy atom. The molecule has 7 heteroatoms. The minimum Gasteiger partial charge on any atom is -0.494 e. The summed E-state index contributed by atoms with van der Waals surface area (Å²) in [7, 11) is -3.51. The third kappa shape index (κ3) is 6.90. The predicted octanol–water partition coefficient (Wildman–Crippen LogP) is 1.12. The highest BCUT2D eigenvalue weighted by molar-refractivity contribution is 7.89. The lowest BCUT2D eigenvalue weighted by Gasteiger charge is -2.10. The normalized spacial score (nSPS) is 11.8. The molecule has 0 bridgehead atoms. The SMILES string of the molecule is CC(C)OCCNS(=O)(=O)c1ccc(OCCCN)cc1. The fraction of sp³-hybridized carbons (Fsp3) is 0.571. The van der Waals surface area contributed by atoms with Gasteiger partial charge in [0, 0.05) is 6.54 Å². The van der Waals surface area contributed by atoms with Crippen molar-refractivity contribution >= 4 is 10.0 Å². The highest BCUT2D eigenvalue weighted by Gasteiger charge is 2.13. The molecule has 0 radical (unpaired) electrons. The Hall–Kier alpha value is -1.15. The van der Waals surface area contributed by atoms with Crippen LogP contribution in [0, 0.1) is 0 Å². The summed E-state index contributed by atoms with van der Waals surface area (Å²) in [5.41, 5.74) is 5.37. The van der Waals surface area contributed by atoms with Crippen molar-refractivity contribution in [3.63, 3.8) is 0 Å². The first-order valence-corrected chi connectivity index (χ1v) is 8.48. The molecule has 0 aromatic heterocycles. The highest BCUT2D eigenvalue weighted by Crippen LogP contribution is 2.15. The van der Waals surface area contributed by atoms with E-state index in [9.17, 15) is 8.42 Å². The first-order valence-electron chi connectivity index (χ1n) is 7.00. The van der Waals surface area contributed by atoms with Gasteiger partial charge in [-0.15, -0.1) is 0 Å². The van der Waals surface area contributed by atoms with Crippen LogP contribution in [-0.2, 0) is 14.8 Å². The maximum absolute atomic E-state index is 12.0. The minimum atomic E-state index is -3.51. The Kier molecular flexibility index (Phi) is 7.66. The van der Waals surface area contributed by atoms with Crippen molar-refractivity contribution in [2.24, 2.45) is 5.73 Å². The molecule has 0 fully saturated rings. The Morgan fingerprint density at radius 1 is 1.19 bits per heavy atom. The minimum absolute atomic E-state index is 0.0828. The molecule has 0 saturated carbocycles.